The van der Waals surface area contributed by atoms with Gasteiger partial charge < -0.3 is 9.84 Å². The van der Waals surface area contributed by atoms with Crippen LogP contribution in [0, 0.1) is 0 Å². The van der Waals surface area contributed by atoms with Gasteiger partial charge in [0.25, 0.3) is 0 Å². The van der Waals surface area contributed by atoms with Crippen molar-refractivity contribution in [3.63, 3.8) is 0 Å². The smallest absolute Gasteiger partial charge is 0.303 e. The van der Waals surface area contributed by atoms with Crippen molar-refractivity contribution in [1.29, 1.82) is 0 Å². The van der Waals surface area contributed by atoms with Gasteiger partial charge in [-0.3, -0.25) is 9.59 Å². The number of carbonyl (C=O) groups is 2. The van der Waals surface area contributed by atoms with Gasteiger partial charge in [-0.05, 0) is 60.2 Å². The summed E-state index contributed by atoms with van der Waals surface area (Å²) in [6.07, 6.45) is 2.59. The number of carboxylic acid groups (broad SMARTS) is 1. The molecule has 2 aromatic carbocycles. The SMILES string of the molecule is O=Cc1ccc(Oc2ccc3c(c2)CC[C@H]3CC(=O)O)c(Cl)c1. The number of halogens is 1. The number of hydrogen-bond acceptors (Lipinski definition) is 3. The van der Waals surface area contributed by atoms with Gasteiger partial charge in [0.05, 0.1) is 11.4 Å². The van der Waals surface area contributed by atoms with Crippen molar-refractivity contribution < 1.29 is 19.4 Å². The molecule has 4 nitrogen and oxygen atoms in total. The van der Waals surface area contributed by atoms with Crippen molar-refractivity contribution in [2.24, 2.45) is 0 Å². The van der Waals surface area contributed by atoms with Crippen LogP contribution >= 0.6 is 11.6 Å². The first-order chi connectivity index (χ1) is 11.1. The summed E-state index contributed by atoms with van der Waals surface area (Å²) in [5.74, 6) is 0.440. The highest BCUT2D eigenvalue weighted by Crippen LogP contribution is 2.38. The molecule has 0 unspecified atom stereocenters. The number of aldehydes is 1. The second-order valence-corrected chi connectivity index (χ2v) is 6.01. The Bertz CT molecular complexity index is 770. The van der Waals surface area contributed by atoms with E-state index in [0.29, 0.717) is 22.1 Å². The molecule has 1 aliphatic rings. The quantitative estimate of drug-likeness (QED) is 0.823. The zero-order valence-electron chi connectivity index (χ0n) is 12.3. The fourth-order valence-electron chi connectivity index (χ4n) is 2.97. The number of fused-ring (bicyclic) bond motifs is 1. The highest BCUT2D eigenvalue weighted by molar-refractivity contribution is 6.32. The van der Waals surface area contributed by atoms with Crippen LogP contribution in [0.3, 0.4) is 0 Å². The maximum absolute atomic E-state index is 10.9. The third-order valence-electron chi connectivity index (χ3n) is 4.06. The highest BCUT2D eigenvalue weighted by Gasteiger charge is 2.25. The Morgan fingerprint density at radius 3 is 2.83 bits per heavy atom. The van der Waals surface area contributed by atoms with Crippen LogP contribution in [0.2, 0.25) is 5.02 Å². The predicted molar refractivity (Wildman–Crippen MR) is 86.7 cm³/mol. The van der Waals surface area contributed by atoms with Gasteiger partial charge in [-0.2, -0.15) is 0 Å². The van der Waals surface area contributed by atoms with E-state index < -0.39 is 5.97 Å². The van der Waals surface area contributed by atoms with Gasteiger partial charge in [-0.25, -0.2) is 0 Å². The van der Waals surface area contributed by atoms with E-state index in [4.69, 9.17) is 21.4 Å². The maximum atomic E-state index is 10.9. The molecule has 0 radical (unpaired) electrons. The first kappa shape index (κ1) is 15.6. The van der Waals surface area contributed by atoms with Crippen LogP contribution < -0.4 is 4.74 Å². The lowest BCUT2D eigenvalue weighted by molar-refractivity contribution is -0.137. The summed E-state index contributed by atoms with van der Waals surface area (Å²) in [7, 11) is 0. The molecule has 0 spiro atoms. The molecule has 23 heavy (non-hydrogen) atoms. The molecule has 3 rings (SSSR count). The highest BCUT2D eigenvalue weighted by atomic mass is 35.5. The molecule has 0 aromatic heterocycles. The van der Waals surface area contributed by atoms with E-state index in [1.165, 1.54) is 0 Å². The standard InChI is InChI=1S/C18H15ClO4/c19-16-7-11(10-20)1-6-17(16)23-14-4-5-15-12(8-14)2-3-13(15)9-18(21)22/h1,4-8,10,13H,2-3,9H2,(H,21,22)/t13-/m0/s1. The zero-order valence-corrected chi connectivity index (χ0v) is 13.0. The lowest BCUT2D eigenvalue weighted by Crippen LogP contribution is -2.02. The molecule has 5 heteroatoms. The molecule has 0 heterocycles. The summed E-state index contributed by atoms with van der Waals surface area (Å²) in [5.41, 5.74) is 2.70. The number of carbonyl (C=O) groups excluding carboxylic acids is 1. The second kappa shape index (κ2) is 6.42. The molecule has 1 aliphatic carbocycles. The number of ether oxygens (including phenoxy) is 1. The van der Waals surface area contributed by atoms with Crippen molar-refractivity contribution in [2.75, 3.05) is 0 Å². The van der Waals surface area contributed by atoms with E-state index in [1.807, 2.05) is 18.2 Å². The molecule has 1 atom stereocenters. The number of hydrogen-bond donors (Lipinski definition) is 1. The van der Waals surface area contributed by atoms with E-state index >= 15 is 0 Å². The Hall–Kier alpha value is -2.33. The van der Waals surface area contributed by atoms with E-state index in [9.17, 15) is 9.59 Å². The second-order valence-electron chi connectivity index (χ2n) is 5.60. The van der Waals surface area contributed by atoms with Crippen LogP contribution in [0.15, 0.2) is 36.4 Å². The molecule has 0 saturated heterocycles. The molecular formula is C18H15ClO4. The van der Waals surface area contributed by atoms with Crippen molar-refractivity contribution in [2.45, 2.75) is 25.2 Å². The summed E-state index contributed by atoms with van der Waals surface area (Å²) in [5, 5.41) is 9.33. The summed E-state index contributed by atoms with van der Waals surface area (Å²) in [4.78, 5) is 21.6. The molecule has 118 valence electrons. The summed E-state index contributed by atoms with van der Waals surface area (Å²) in [6.45, 7) is 0. The molecular weight excluding hydrogens is 316 g/mol. The van der Waals surface area contributed by atoms with E-state index in [2.05, 4.69) is 0 Å². The number of aryl methyl sites for hydroxylation is 1. The van der Waals surface area contributed by atoms with Crippen molar-refractivity contribution >= 4 is 23.9 Å². The third-order valence-corrected chi connectivity index (χ3v) is 4.35. The van der Waals surface area contributed by atoms with Gasteiger partial charge in [0, 0.05) is 5.56 Å². The van der Waals surface area contributed by atoms with Crippen LogP contribution in [0.5, 0.6) is 11.5 Å². The number of aliphatic carboxylic acids is 1. The summed E-state index contributed by atoms with van der Waals surface area (Å²) in [6, 6.07) is 10.5. The Morgan fingerprint density at radius 1 is 1.30 bits per heavy atom. The predicted octanol–water partition coefficient (Wildman–Crippen LogP) is 4.45. The van der Waals surface area contributed by atoms with Gasteiger partial charge >= 0.3 is 5.97 Å². The Balaban J connectivity index is 1.81. The lowest BCUT2D eigenvalue weighted by atomic mass is 9.98. The topological polar surface area (TPSA) is 63.6 Å². The number of benzene rings is 2. The van der Waals surface area contributed by atoms with E-state index in [1.54, 1.807) is 18.2 Å². The monoisotopic (exact) mass is 330 g/mol. The minimum atomic E-state index is -0.773. The van der Waals surface area contributed by atoms with Crippen molar-refractivity contribution in [3.8, 4) is 11.5 Å². The first-order valence-electron chi connectivity index (χ1n) is 7.34. The third kappa shape index (κ3) is 3.37. The lowest BCUT2D eigenvalue weighted by Gasteiger charge is -2.11. The van der Waals surface area contributed by atoms with Gasteiger partial charge in [0.15, 0.2) is 0 Å². The average Bonchev–Trinajstić information content (AvgIpc) is 2.91. The van der Waals surface area contributed by atoms with Crippen LogP contribution in [-0.4, -0.2) is 17.4 Å². The van der Waals surface area contributed by atoms with Crippen molar-refractivity contribution in [3.05, 3.63) is 58.1 Å². The van der Waals surface area contributed by atoms with E-state index in [0.717, 1.165) is 30.3 Å². The Labute approximate surface area is 138 Å². The molecule has 0 fully saturated rings. The fraction of sp³-hybridized carbons (Fsp3) is 0.222. The number of rotatable bonds is 5. The zero-order chi connectivity index (χ0) is 16.4. The summed E-state index contributed by atoms with van der Waals surface area (Å²) < 4.78 is 5.79. The molecule has 1 N–H and O–H groups in total. The van der Waals surface area contributed by atoms with Gasteiger partial charge in [0.2, 0.25) is 0 Å². The minimum Gasteiger partial charge on any atom is -0.481 e. The molecule has 0 amide bonds. The van der Waals surface area contributed by atoms with E-state index in [-0.39, 0.29) is 12.3 Å². The Kier molecular flexibility index (Phi) is 4.35. The van der Waals surface area contributed by atoms with Crippen LogP contribution in [0.4, 0.5) is 0 Å². The van der Waals surface area contributed by atoms with Gasteiger partial charge in [-0.1, -0.05) is 17.7 Å². The molecule has 0 bridgehead atoms. The Morgan fingerprint density at radius 2 is 2.13 bits per heavy atom. The van der Waals surface area contributed by atoms with Crippen LogP contribution in [0.1, 0.15) is 40.2 Å². The molecule has 2 aromatic rings. The molecule has 0 saturated carbocycles. The van der Waals surface area contributed by atoms with Crippen LogP contribution in [0.25, 0.3) is 0 Å². The normalized spacial score (nSPS) is 16.0. The largest absolute Gasteiger partial charge is 0.481 e. The number of carboxylic acids is 1. The first-order valence-corrected chi connectivity index (χ1v) is 7.72. The average molecular weight is 331 g/mol. The van der Waals surface area contributed by atoms with Gasteiger partial charge in [0.1, 0.15) is 17.8 Å². The van der Waals surface area contributed by atoms with Crippen molar-refractivity contribution in [1.82, 2.24) is 0 Å². The summed E-state index contributed by atoms with van der Waals surface area (Å²) >= 11 is 6.11. The fourth-order valence-corrected chi connectivity index (χ4v) is 3.20. The minimum absolute atomic E-state index is 0.0759. The van der Waals surface area contributed by atoms with Crippen LogP contribution in [-0.2, 0) is 11.2 Å². The molecule has 0 aliphatic heterocycles. The maximum Gasteiger partial charge on any atom is 0.303 e. The van der Waals surface area contributed by atoms with Gasteiger partial charge in [-0.15, -0.1) is 0 Å².